The molecule has 6 nitrogen and oxygen atoms in total. The molecule has 4 N–H and O–H groups in total. The smallest absolute Gasteiger partial charge is 0.251 e. The van der Waals surface area contributed by atoms with Crippen molar-refractivity contribution in [2.75, 3.05) is 0 Å². The van der Waals surface area contributed by atoms with E-state index in [1.807, 2.05) is 0 Å². The highest BCUT2D eigenvalue weighted by atomic mass is 32.2. The van der Waals surface area contributed by atoms with Gasteiger partial charge in [0.1, 0.15) is 5.82 Å². The predicted octanol–water partition coefficient (Wildman–Crippen LogP) is 1.30. The van der Waals surface area contributed by atoms with Crippen LogP contribution in [0, 0.1) is 5.82 Å². The molecule has 2 rings (SSSR count). The quantitative estimate of drug-likeness (QED) is 0.197. The Labute approximate surface area is 117 Å². The van der Waals surface area contributed by atoms with Crippen LogP contribution in [0.4, 0.5) is 4.39 Å². The van der Waals surface area contributed by atoms with Crippen LogP contribution >= 0.6 is 11.8 Å². The third kappa shape index (κ3) is 3.58. The Morgan fingerprint density at radius 1 is 1.50 bits per heavy atom. The van der Waals surface area contributed by atoms with E-state index in [1.54, 1.807) is 6.07 Å². The number of oxime groups is 1. The first-order valence-electron chi connectivity index (χ1n) is 5.54. The van der Waals surface area contributed by atoms with E-state index in [-0.39, 0.29) is 17.0 Å². The van der Waals surface area contributed by atoms with Gasteiger partial charge in [-0.05, 0) is 23.8 Å². The van der Waals surface area contributed by atoms with E-state index < -0.39 is 5.82 Å². The van der Waals surface area contributed by atoms with Crippen molar-refractivity contribution >= 4 is 17.6 Å². The highest BCUT2D eigenvalue weighted by Crippen LogP contribution is 2.19. The molecule has 0 amide bonds. The van der Waals surface area contributed by atoms with Crippen molar-refractivity contribution in [1.82, 2.24) is 9.97 Å². The number of halogens is 1. The van der Waals surface area contributed by atoms with Crippen LogP contribution in [0.25, 0.3) is 0 Å². The number of nitrogens with one attached hydrogen (secondary N) is 1. The molecule has 0 radical (unpaired) electrons. The molecule has 0 saturated carbocycles. The number of benzene rings is 1. The van der Waals surface area contributed by atoms with Gasteiger partial charge in [-0.1, -0.05) is 16.9 Å². The number of nitrogens with zero attached hydrogens (tertiary/aromatic N) is 2. The summed E-state index contributed by atoms with van der Waals surface area (Å²) < 4.78 is 13.4. The molecule has 104 valence electrons. The summed E-state index contributed by atoms with van der Waals surface area (Å²) in [5, 5.41) is 11.9. The van der Waals surface area contributed by atoms with Gasteiger partial charge in [-0.2, -0.15) is 0 Å². The van der Waals surface area contributed by atoms with E-state index in [0.29, 0.717) is 16.5 Å². The summed E-state index contributed by atoms with van der Waals surface area (Å²) in [4.78, 5) is 17.6. The second-order valence-electron chi connectivity index (χ2n) is 3.86. The number of rotatable bonds is 4. The lowest BCUT2D eigenvalue weighted by molar-refractivity contribution is 0.318. The lowest BCUT2D eigenvalue weighted by Gasteiger charge is -2.05. The van der Waals surface area contributed by atoms with Crippen molar-refractivity contribution in [3.05, 3.63) is 57.8 Å². The molecule has 8 heteroatoms. The Hall–Kier alpha value is -2.35. The minimum absolute atomic E-state index is 0.165. The molecule has 0 unspecified atom stereocenters. The number of aromatic nitrogens is 2. The number of hydrogen-bond acceptors (Lipinski definition) is 5. The normalized spacial score (nSPS) is 11.6. The van der Waals surface area contributed by atoms with Crippen LogP contribution in [-0.2, 0) is 5.75 Å². The molecule has 0 spiro atoms. The molecule has 1 aromatic heterocycles. The number of thioether (sulfide) groups is 1. The second kappa shape index (κ2) is 6.20. The van der Waals surface area contributed by atoms with Crippen molar-refractivity contribution < 1.29 is 9.60 Å². The highest BCUT2D eigenvalue weighted by Gasteiger charge is 2.06. The standard InChI is InChI=1S/C12H11FN4O2S/c13-9-4-7(3-8(5-9)11(14)17-19)6-20-12-15-2-1-10(18)16-12/h1-5,19H,6H2,(H2,14,17)(H,15,16,18). The van der Waals surface area contributed by atoms with Crippen LogP contribution in [-0.4, -0.2) is 21.0 Å². The molecule has 0 saturated heterocycles. The van der Waals surface area contributed by atoms with Crippen molar-refractivity contribution in [3.8, 4) is 0 Å². The molecular formula is C12H11FN4O2S. The predicted molar refractivity (Wildman–Crippen MR) is 73.3 cm³/mol. The topological polar surface area (TPSA) is 104 Å². The highest BCUT2D eigenvalue weighted by molar-refractivity contribution is 7.98. The van der Waals surface area contributed by atoms with Crippen LogP contribution in [0.5, 0.6) is 0 Å². The van der Waals surface area contributed by atoms with Crippen LogP contribution in [0.3, 0.4) is 0 Å². The maximum Gasteiger partial charge on any atom is 0.251 e. The summed E-state index contributed by atoms with van der Waals surface area (Å²) in [6, 6.07) is 5.42. The zero-order valence-corrected chi connectivity index (χ0v) is 11.0. The van der Waals surface area contributed by atoms with Gasteiger partial charge in [0, 0.05) is 23.6 Å². The molecule has 0 bridgehead atoms. The Kier molecular flexibility index (Phi) is 4.36. The first-order chi connectivity index (χ1) is 9.58. The van der Waals surface area contributed by atoms with Gasteiger partial charge >= 0.3 is 0 Å². The van der Waals surface area contributed by atoms with E-state index in [4.69, 9.17) is 10.9 Å². The van der Waals surface area contributed by atoms with Crippen LogP contribution in [0.15, 0.2) is 45.6 Å². The monoisotopic (exact) mass is 294 g/mol. The molecule has 0 aliphatic rings. The van der Waals surface area contributed by atoms with Gasteiger partial charge in [-0.25, -0.2) is 9.37 Å². The molecule has 0 fully saturated rings. The minimum Gasteiger partial charge on any atom is -0.409 e. The maximum atomic E-state index is 13.4. The Balaban J connectivity index is 2.17. The summed E-state index contributed by atoms with van der Waals surface area (Å²) >= 11 is 1.25. The van der Waals surface area contributed by atoms with Crippen LogP contribution in [0.1, 0.15) is 11.1 Å². The number of amidine groups is 1. The fraction of sp³-hybridized carbons (Fsp3) is 0.0833. The Bertz CT molecular complexity index is 702. The third-order valence-corrected chi connectivity index (χ3v) is 3.34. The van der Waals surface area contributed by atoms with Gasteiger partial charge in [0.15, 0.2) is 11.0 Å². The number of H-pyrrole nitrogens is 1. The van der Waals surface area contributed by atoms with Gasteiger partial charge in [0.05, 0.1) is 0 Å². The van der Waals surface area contributed by atoms with Crippen LogP contribution in [0.2, 0.25) is 0 Å². The second-order valence-corrected chi connectivity index (χ2v) is 4.83. The summed E-state index contributed by atoms with van der Waals surface area (Å²) in [6.45, 7) is 0. The van der Waals surface area contributed by atoms with Crippen molar-refractivity contribution in [2.24, 2.45) is 10.9 Å². The van der Waals surface area contributed by atoms with E-state index >= 15 is 0 Å². The minimum atomic E-state index is -0.487. The van der Waals surface area contributed by atoms with Crippen LogP contribution < -0.4 is 11.3 Å². The molecule has 0 aliphatic carbocycles. The maximum absolute atomic E-state index is 13.4. The largest absolute Gasteiger partial charge is 0.409 e. The summed E-state index contributed by atoms with van der Waals surface area (Å²) in [5.74, 6) is -0.266. The molecular weight excluding hydrogens is 283 g/mol. The van der Waals surface area contributed by atoms with Gasteiger partial charge < -0.3 is 15.9 Å². The number of nitrogens with two attached hydrogens (primary N) is 1. The fourth-order valence-corrected chi connectivity index (χ4v) is 2.29. The zero-order valence-electron chi connectivity index (χ0n) is 10.2. The van der Waals surface area contributed by atoms with Crippen molar-refractivity contribution in [1.29, 1.82) is 0 Å². The van der Waals surface area contributed by atoms with Gasteiger partial charge in [0.25, 0.3) is 5.56 Å². The SMILES string of the molecule is N/C(=N/O)c1cc(F)cc(CSc2nccc(=O)[nH]2)c1. The Morgan fingerprint density at radius 3 is 3.00 bits per heavy atom. The average molecular weight is 294 g/mol. The number of aromatic amines is 1. The average Bonchev–Trinajstić information content (AvgIpc) is 2.44. The molecule has 1 heterocycles. The molecule has 0 aliphatic heterocycles. The third-order valence-electron chi connectivity index (χ3n) is 2.38. The lowest BCUT2D eigenvalue weighted by Crippen LogP contribution is -2.13. The summed E-state index contributed by atoms with van der Waals surface area (Å²) in [6.07, 6.45) is 1.40. The van der Waals surface area contributed by atoms with E-state index in [1.165, 1.54) is 36.2 Å². The molecule has 2 aromatic rings. The first-order valence-corrected chi connectivity index (χ1v) is 6.52. The fourth-order valence-electron chi connectivity index (χ4n) is 1.52. The van der Waals surface area contributed by atoms with E-state index in [0.717, 1.165) is 0 Å². The summed E-state index contributed by atoms with van der Waals surface area (Å²) in [7, 11) is 0. The summed E-state index contributed by atoms with van der Waals surface area (Å²) in [5.41, 5.74) is 6.09. The Morgan fingerprint density at radius 2 is 2.30 bits per heavy atom. The van der Waals surface area contributed by atoms with Gasteiger partial charge in [-0.3, -0.25) is 4.79 Å². The first kappa shape index (κ1) is 14.1. The van der Waals surface area contributed by atoms with Gasteiger partial charge in [0.2, 0.25) is 0 Å². The molecule has 0 atom stereocenters. The van der Waals surface area contributed by atoms with E-state index in [9.17, 15) is 9.18 Å². The molecule has 20 heavy (non-hydrogen) atoms. The van der Waals surface area contributed by atoms with E-state index in [2.05, 4.69) is 15.1 Å². The zero-order chi connectivity index (χ0) is 14.5. The van der Waals surface area contributed by atoms with Crippen molar-refractivity contribution in [2.45, 2.75) is 10.9 Å². The van der Waals surface area contributed by atoms with Gasteiger partial charge in [-0.15, -0.1) is 0 Å². The number of hydrogen-bond donors (Lipinski definition) is 3. The van der Waals surface area contributed by atoms with Crippen molar-refractivity contribution in [3.63, 3.8) is 0 Å². The molecule has 1 aromatic carbocycles. The lowest BCUT2D eigenvalue weighted by atomic mass is 10.1.